The molecule has 1 heterocycles. The molecular weight excluding hydrogens is 214 g/mol. The minimum absolute atomic E-state index is 0.576. The van der Waals surface area contributed by atoms with Gasteiger partial charge in [-0.3, -0.25) is 0 Å². The molecule has 94 valence electrons. The molecule has 0 spiro atoms. The van der Waals surface area contributed by atoms with Gasteiger partial charge in [-0.05, 0) is 43.5 Å². The molecule has 1 aliphatic heterocycles. The largest absolute Gasteiger partial charge is 0.496 e. The van der Waals surface area contributed by atoms with Gasteiger partial charge in [0.1, 0.15) is 5.75 Å². The van der Waals surface area contributed by atoms with Crippen LogP contribution in [0.2, 0.25) is 0 Å². The standard InChI is InChI=1S/C14H21NO2/c1-10-6-12(7-11(2)13(10)17-3)8-14(16)4-5-15-9-14/h6-7,15-16H,4-5,8-9H2,1-3H3. The predicted octanol–water partition coefficient (Wildman–Crippen LogP) is 1.58. The van der Waals surface area contributed by atoms with Crippen molar-refractivity contribution in [2.75, 3.05) is 20.2 Å². The summed E-state index contributed by atoms with van der Waals surface area (Å²) in [6.45, 7) is 5.69. The molecule has 3 heteroatoms. The van der Waals surface area contributed by atoms with Gasteiger partial charge in [-0.15, -0.1) is 0 Å². The Bertz CT molecular complexity index is 386. The second-order valence-electron chi connectivity index (χ2n) is 5.09. The van der Waals surface area contributed by atoms with Gasteiger partial charge in [0, 0.05) is 13.0 Å². The van der Waals surface area contributed by atoms with Crippen molar-refractivity contribution >= 4 is 0 Å². The Morgan fingerprint density at radius 3 is 2.47 bits per heavy atom. The lowest BCUT2D eigenvalue weighted by Crippen LogP contribution is -2.33. The van der Waals surface area contributed by atoms with Gasteiger partial charge in [0.05, 0.1) is 12.7 Å². The Morgan fingerprint density at radius 1 is 1.35 bits per heavy atom. The Morgan fingerprint density at radius 2 is 2.00 bits per heavy atom. The number of benzene rings is 1. The third kappa shape index (κ3) is 2.61. The van der Waals surface area contributed by atoms with Crippen LogP contribution in [-0.4, -0.2) is 30.9 Å². The van der Waals surface area contributed by atoms with Gasteiger partial charge in [0.2, 0.25) is 0 Å². The average Bonchev–Trinajstić information content (AvgIpc) is 2.64. The highest BCUT2D eigenvalue weighted by Crippen LogP contribution is 2.27. The number of ether oxygens (including phenoxy) is 1. The molecule has 1 saturated heterocycles. The zero-order chi connectivity index (χ0) is 12.5. The van der Waals surface area contributed by atoms with Gasteiger partial charge in [0.25, 0.3) is 0 Å². The third-order valence-electron chi connectivity index (χ3n) is 3.48. The summed E-state index contributed by atoms with van der Waals surface area (Å²) in [7, 11) is 1.70. The number of rotatable bonds is 3. The summed E-state index contributed by atoms with van der Waals surface area (Å²) >= 11 is 0. The fourth-order valence-corrected chi connectivity index (χ4v) is 2.73. The van der Waals surface area contributed by atoms with E-state index in [0.717, 1.165) is 29.8 Å². The van der Waals surface area contributed by atoms with E-state index >= 15 is 0 Å². The molecule has 2 N–H and O–H groups in total. The van der Waals surface area contributed by atoms with Crippen LogP contribution in [0, 0.1) is 13.8 Å². The van der Waals surface area contributed by atoms with E-state index in [1.807, 2.05) is 13.8 Å². The van der Waals surface area contributed by atoms with E-state index in [2.05, 4.69) is 17.4 Å². The summed E-state index contributed by atoms with van der Waals surface area (Å²) in [6.07, 6.45) is 1.54. The van der Waals surface area contributed by atoms with Crippen molar-refractivity contribution in [3.63, 3.8) is 0 Å². The molecule has 3 nitrogen and oxygen atoms in total. The van der Waals surface area contributed by atoms with E-state index in [0.29, 0.717) is 13.0 Å². The zero-order valence-corrected chi connectivity index (χ0v) is 10.8. The molecule has 1 aliphatic rings. The minimum Gasteiger partial charge on any atom is -0.496 e. The quantitative estimate of drug-likeness (QED) is 0.836. The maximum atomic E-state index is 10.4. The van der Waals surface area contributed by atoms with Crippen molar-refractivity contribution in [2.45, 2.75) is 32.3 Å². The molecule has 2 rings (SSSR count). The summed E-state index contributed by atoms with van der Waals surface area (Å²) in [4.78, 5) is 0. The topological polar surface area (TPSA) is 41.5 Å². The van der Waals surface area contributed by atoms with Crippen molar-refractivity contribution < 1.29 is 9.84 Å². The SMILES string of the molecule is COc1c(C)cc(CC2(O)CCNC2)cc1C. The molecule has 17 heavy (non-hydrogen) atoms. The van der Waals surface area contributed by atoms with E-state index in [1.165, 1.54) is 5.56 Å². The first kappa shape index (κ1) is 12.4. The van der Waals surface area contributed by atoms with Crippen LogP contribution >= 0.6 is 0 Å². The highest BCUT2D eigenvalue weighted by molar-refractivity contribution is 5.43. The molecule has 0 radical (unpaired) electrons. The van der Waals surface area contributed by atoms with E-state index in [9.17, 15) is 5.11 Å². The van der Waals surface area contributed by atoms with Crippen LogP contribution in [0.5, 0.6) is 5.75 Å². The van der Waals surface area contributed by atoms with Gasteiger partial charge >= 0.3 is 0 Å². The maximum Gasteiger partial charge on any atom is 0.124 e. The highest BCUT2D eigenvalue weighted by Gasteiger charge is 2.31. The smallest absolute Gasteiger partial charge is 0.124 e. The molecule has 1 atom stereocenters. The molecule has 1 aromatic carbocycles. The van der Waals surface area contributed by atoms with Crippen LogP contribution in [-0.2, 0) is 6.42 Å². The molecular formula is C14H21NO2. The molecule has 1 fully saturated rings. The lowest BCUT2D eigenvalue weighted by molar-refractivity contribution is 0.0618. The van der Waals surface area contributed by atoms with Gasteiger partial charge in [-0.1, -0.05) is 12.1 Å². The maximum absolute atomic E-state index is 10.4. The van der Waals surface area contributed by atoms with Crippen LogP contribution in [0.4, 0.5) is 0 Å². The predicted molar refractivity (Wildman–Crippen MR) is 68.6 cm³/mol. The van der Waals surface area contributed by atoms with Crippen molar-refractivity contribution in [2.24, 2.45) is 0 Å². The molecule has 1 aromatic rings. The Labute approximate surface area is 103 Å². The first-order valence-corrected chi connectivity index (χ1v) is 6.11. The molecule has 0 aromatic heterocycles. The monoisotopic (exact) mass is 235 g/mol. The summed E-state index contributed by atoms with van der Waals surface area (Å²) in [6, 6.07) is 4.23. The number of hydrogen-bond donors (Lipinski definition) is 2. The first-order valence-electron chi connectivity index (χ1n) is 6.11. The van der Waals surface area contributed by atoms with Crippen molar-refractivity contribution in [1.29, 1.82) is 0 Å². The summed E-state index contributed by atoms with van der Waals surface area (Å²) in [5, 5.41) is 13.6. The number of methoxy groups -OCH3 is 1. The lowest BCUT2D eigenvalue weighted by Gasteiger charge is -2.22. The minimum atomic E-state index is -0.576. The van der Waals surface area contributed by atoms with E-state index in [1.54, 1.807) is 7.11 Å². The van der Waals surface area contributed by atoms with Crippen molar-refractivity contribution in [3.8, 4) is 5.75 Å². The van der Waals surface area contributed by atoms with Gasteiger partial charge in [-0.2, -0.15) is 0 Å². The van der Waals surface area contributed by atoms with Crippen LogP contribution in [0.15, 0.2) is 12.1 Å². The molecule has 0 amide bonds. The fourth-order valence-electron chi connectivity index (χ4n) is 2.73. The number of aliphatic hydroxyl groups is 1. The van der Waals surface area contributed by atoms with Gasteiger partial charge in [-0.25, -0.2) is 0 Å². The Balaban J connectivity index is 2.22. The van der Waals surface area contributed by atoms with E-state index < -0.39 is 5.60 Å². The summed E-state index contributed by atoms with van der Waals surface area (Å²) in [5.74, 6) is 0.949. The normalized spacial score (nSPS) is 24.0. The third-order valence-corrected chi connectivity index (χ3v) is 3.48. The number of nitrogens with one attached hydrogen (secondary N) is 1. The van der Waals surface area contributed by atoms with Crippen LogP contribution in [0.1, 0.15) is 23.1 Å². The summed E-state index contributed by atoms with van der Waals surface area (Å²) in [5.41, 5.74) is 2.88. The van der Waals surface area contributed by atoms with E-state index in [-0.39, 0.29) is 0 Å². The lowest BCUT2D eigenvalue weighted by atomic mass is 9.92. The highest BCUT2D eigenvalue weighted by atomic mass is 16.5. The molecule has 0 aliphatic carbocycles. The molecule has 0 saturated carbocycles. The van der Waals surface area contributed by atoms with Crippen LogP contribution in [0.3, 0.4) is 0 Å². The van der Waals surface area contributed by atoms with Gasteiger partial charge in [0.15, 0.2) is 0 Å². The number of β-amino-alcohol motifs (C(OH)–C–C–N with tert-alkyl or cyclic N) is 1. The van der Waals surface area contributed by atoms with Gasteiger partial charge < -0.3 is 15.2 Å². The van der Waals surface area contributed by atoms with E-state index in [4.69, 9.17) is 4.74 Å². The fraction of sp³-hybridized carbons (Fsp3) is 0.571. The zero-order valence-electron chi connectivity index (χ0n) is 10.8. The Kier molecular flexibility index (Phi) is 3.40. The van der Waals surface area contributed by atoms with Crippen molar-refractivity contribution in [3.05, 3.63) is 28.8 Å². The molecule has 1 unspecified atom stereocenters. The first-order chi connectivity index (χ1) is 8.04. The summed E-state index contributed by atoms with van der Waals surface area (Å²) < 4.78 is 5.35. The molecule has 0 bridgehead atoms. The van der Waals surface area contributed by atoms with Crippen LogP contribution < -0.4 is 10.1 Å². The van der Waals surface area contributed by atoms with Crippen molar-refractivity contribution in [1.82, 2.24) is 5.32 Å². The Hall–Kier alpha value is -1.06. The number of aryl methyl sites for hydroxylation is 2. The number of hydrogen-bond acceptors (Lipinski definition) is 3. The second-order valence-corrected chi connectivity index (χ2v) is 5.09. The average molecular weight is 235 g/mol. The second kappa shape index (κ2) is 4.67. The van der Waals surface area contributed by atoms with Crippen LogP contribution in [0.25, 0.3) is 0 Å².